The second kappa shape index (κ2) is 5.92. The van der Waals surface area contributed by atoms with Crippen molar-refractivity contribution in [2.24, 2.45) is 0 Å². The Balaban J connectivity index is 2.46. The van der Waals surface area contributed by atoms with Gasteiger partial charge in [0.05, 0.1) is 0 Å². The largest absolute Gasteiger partial charge is 0.368 e. The fourth-order valence-electron chi connectivity index (χ4n) is 1.13. The molecule has 0 aliphatic heterocycles. The molecule has 0 spiro atoms. The Morgan fingerprint density at radius 1 is 1.36 bits per heavy atom. The summed E-state index contributed by atoms with van der Waals surface area (Å²) < 4.78 is 0. The van der Waals surface area contributed by atoms with Gasteiger partial charge in [0, 0.05) is 18.9 Å². The van der Waals surface area contributed by atoms with Crippen LogP contribution in [0, 0.1) is 11.3 Å². The van der Waals surface area contributed by atoms with Gasteiger partial charge in [-0.1, -0.05) is 19.8 Å². The minimum absolute atomic E-state index is 0.365. The predicted octanol–water partition coefficient (Wildman–Crippen LogP) is 1.95. The van der Waals surface area contributed by atoms with Crippen LogP contribution in [0.5, 0.6) is 0 Å². The molecule has 0 fully saturated rings. The number of rotatable bonds is 5. The third-order valence-corrected chi connectivity index (χ3v) is 1.88. The van der Waals surface area contributed by atoms with Crippen molar-refractivity contribution in [1.82, 2.24) is 9.97 Å². The maximum Gasteiger partial charge on any atom is 0.182 e. The van der Waals surface area contributed by atoms with Gasteiger partial charge in [-0.25, -0.2) is 9.97 Å². The molecule has 0 bridgehead atoms. The lowest BCUT2D eigenvalue weighted by atomic mass is 10.2. The molecule has 1 rings (SSSR count). The summed E-state index contributed by atoms with van der Waals surface area (Å²) in [6.45, 7) is 3.00. The SMILES string of the molecule is CCCCCNc1nccnc1C#N. The third-order valence-electron chi connectivity index (χ3n) is 1.88. The molecule has 1 heterocycles. The highest BCUT2D eigenvalue weighted by molar-refractivity contribution is 5.46. The van der Waals surface area contributed by atoms with E-state index in [0.29, 0.717) is 11.5 Å². The maximum atomic E-state index is 8.73. The van der Waals surface area contributed by atoms with E-state index >= 15 is 0 Å². The lowest BCUT2D eigenvalue weighted by Gasteiger charge is -2.04. The minimum atomic E-state index is 0.365. The molecule has 0 atom stereocenters. The fraction of sp³-hybridized carbons (Fsp3) is 0.500. The van der Waals surface area contributed by atoms with Crippen LogP contribution < -0.4 is 5.32 Å². The molecule has 0 aliphatic carbocycles. The second-order valence-corrected chi connectivity index (χ2v) is 3.00. The number of nitrogens with zero attached hydrogens (tertiary/aromatic N) is 3. The van der Waals surface area contributed by atoms with Crippen LogP contribution in [0.25, 0.3) is 0 Å². The Bertz CT molecular complexity index is 316. The zero-order valence-electron chi connectivity index (χ0n) is 8.32. The number of nitriles is 1. The molecule has 74 valence electrons. The molecule has 0 saturated heterocycles. The van der Waals surface area contributed by atoms with E-state index in [9.17, 15) is 0 Å². The van der Waals surface area contributed by atoms with Crippen molar-refractivity contribution in [2.75, 3.05) is 11.9 Å². The Hall–Kier alpha value is -1.63. The van der Waals surface area contributed by atoms with E-state index in [1.807, 2.05) is 6.07 Å². The summed E-state index contributed by atoms with van der Waals surface area (Å²) in [5, 5.41) is 11.8. The Morgan fingerprint density at radius 3 is 2.86 bits per heavy atom. The van der Waals surface area contributed by atoms with E-state index in [1.54, 1.807) is 6.20 Å². The summed E-state index contributed by atoms with van der Waals surface area (Å²) in [5.74, 6) is 0.589. The molecule has 4 nitrogen and oxygen atoms in total. The summed E-state index contributed by atoms with van der Waals surface area (Å²) in [4.78, 5) is 7.96. The highest BCUT2D eigenvalue weighted by atomic mass is 15.0. The van der Waals surface area contributed by atoms with Gasteiger partial charge >= 0.3 is 0 Å². The number of aromatic nitrogens is 2. The normalized spacial score (nSPS) is 9.43. The highest BCUT2D eigenvalue weighted by Gasteiger charge is 2.01. The molecular formula is C10H14N4. The lowest BCUT2D eigenvalue weighted by Crippen LogP contribution is -2.05. The van der Waals surface area contributed by atoms with Crippen molar-refractivity contribution in [3.05, 3.63) is 18.1 Å². The van der Waals surface area contributed by atoms with Crippen molar-refractivity contribution in [2.45, 2.75) is 26.2 Å². The standard InChI is InChI=1S/C10H14N4/c1-2-3-4-5-13-10-9(8-11)12-6-7-14-10/h6-7H,2-5H2,1H3,(H,13,14). The zero-order chi connectivity index (χ0) is 10.2. The van der Waals surface area contributed by atoms with E-state index in [2.05, 4.69) is 22.2 Å². The van der Waals surface area contributed by atoms with Gasteiger partial charge < -0.3 is 5.32 Å². The minimum Gasteiger partial charge on any atom is -0.368 e. The first kappa shape index (κ1) is 10.5. The van der Waals surface area contributed by atoms with Gasteiger partial charge in [0.2, 0.25) is 0 Å². The van der Waals surface area contributed by atoms with Crippen LogP contribution in [0.15, 0.2) is 12.4 Å². The molecule has 1 aromatic rings. The van der Waals surface area contributed by atoms with E-state index < -0.39 is 0 Å². The van der Waals surface area contributed by atoms with Crippen LogP contribution in [0.1, 0.15) is 31.9 Å². The molecule has 1 aromatic heterocycles. The second-order valence-electron chi connectivity index (χ2n) is 3.00. The molecule has 0 saturated carbocycles. The number of hydrogen-bond acceptors (Lipinski definition) is 4. The maximum absolute atomic E-state index is 8.73. The summed E-state index contributed by atoms with van der Waals surface area (Å²) in [7, 11) is 0. The lowest BCUT2D eigenvalue weighted by molar-refractivity contribution is 0.742. The topological polar surface area (TPSA) is 61.6 Å². The van der Waals surface area contributed by atoms with Crippen LogP contribution in [0.3, 0.4) is 0 Å². The van der Waals surface area contributed by atoms with Crippen molar-refractivity contribution in [3.63, 3.8) is 0 Å². The molecule has 4 heteroatoms. The molecule has 14 heavy (non-hydrogen) atoms. The van der Waals surface area contributed by atoms with Crippen molar-refractivity contribution < 1.29 is 0 Å². The van der Waals surface area contributed by atoms with Gasteiger partial charge in [0.15, 0.2) is 11.5 Å². The van der Waals surface area contributed by atoms with Crippen molar-refractivity contribution in [3.8, 4) is 6.07 Å². The van der Waals surface area contributed by atoms with Crippen LogP contribution in [0.4, 0.5) is 5.82 Å². The molecule has 0 amide bonds. The summed E-state index contributed by atoms with van der Waals surface area (Å²) in [5.41, 5.74) is 0.365. The fourth-order valence-corrected chi connectivity index (χ4v) is 1.13. The monoisotopic (exact) mass is 190 g/mol. The van der Waals surface area contributed by atoms with Gasteiger partial charge in [0.1, 0.15) is 6.07 Å². The van der Waals surface area contributed by atoms with Gasteiger partial charge in [-0.3, -0.25) is 0 Å². The summed E-state index contributed by atoms with van der Waals surface area (Å²) in [6.07, 6.45) is 6.58. The average Bonchev–Trinajstić information content (AvgIpc) is 2.25. The van der Waals surface area contributed by atoms with Gasteiger partial charge in [-0.05, 0) is 6.42 Å². The predicted molar refractivity (Wildman–Crippen MR) is 54.8 cm³/mol. The first-order valence-corrected chi connectivity index (χ1v) is 4.83. The van der Waals surface area contributed by atoms with E-state index in [-0.39, 0.29) is 0 Å². The molecule has 1 N–H and O–H groups in total. The van der Waals surface area contributed by atoms with E-state index in [1.165, 1.54) is 19.0 Å². The highest BCUT2D eigenvalue weighted by Crippen LogP contribution is 2.06. The van der Waals surface area contributed by atoms with Gasteiger partial charge in [-0.2, -0.15) is 5.26 Å². The quantitative estimate of drug-likeness (QED) is 0.721. The molecule has 0 radical (unpaired) electrons. The molecule has 0 aromatic carbocycles. The summed E-state index contributed by atoms with van der Waals surface area (Å²) >= 11 is 0. The van der Waals surface area contributed by atoms with Crippen LogP contribution in [-0.4, -0.2) is 16.5 Å². The molecule has 0 aliphatic rings. The Labute approximate surface area is 84.0 Å². The van der Waals surface area contributed by atoms with E-state index in [4.69, 9.17) is 5.26 Å². The zero-order valence-corrected chi connectivity index (χ0v) is 8.32. The van der Waals surface area contributed by atoms with Crippen LogP contribution >= 0.6 is 0 Å². The van der Waals surface area contributed by atoms with Crippen molar-refractivity contribution in [1.29, 1.82) is 5.26 Å². The molecule has 0 unspecified atom stereocenters. The van der Waals surface area contributed by atoms with Gasteiger partial charge in [0.25, 0.3) is 0 Å². The number of nitrogens with one attached hydrogen (secondary N) is 1. The summed E-state index contributed by atoms with van der Waals surface area (Å²) in [6, 6.07) is 2.00. The smallest absolute Gasteiger partial charge is 0.182 e. The van der Waals surface area contributed by atoms with Crippen LogP contribution in [-0.2, 0) is 0 Å². The van der Waals surface area contributed by atoms with Gasteiger partial charge in [-0.15, -0.1) is 0 Å². The number of hydrogen-bond donors (Lipinski definition) is 1. The van der Waals surface area contributed by atoms with E-state index in [0.717, 1.165) is 13.0 Å². The Kier molecular flexibility index (Phi) is 4.42. The number of anilines is 1. The first-order valence-electron chi connectivity index (χ1n) is 4.83. The Morgan fingerprint density at radius 2 is 2.14 bits per heavy atom. The third kappa shape index (κ3) is 3.02. The first-order chi connectivity index (χ1) is 6.88. The molecular weight excluding hydrogens is 176 g/mol. The van der Waals surface area contributed by atoms with Crippen LogP contribution in [0.2, 0.25) is 0 Å². The van der Waals surface area contributed by atoms with Crippen molar-refractivity contribution >= 4 is 5.82 Å². The number of unbranched alkanes of at least 4 members (excludes halogenated alkanes) is 2. The average molecular weight is 190 g/mol.